The molecular formula is C12H17BrN2O3S. The zero-order valence-electron chi connectivity index (χ0n) is 11.1. The quantitative estimate of drug-likeness (QED) is 0.846. The van der Waals surface area contributed by atoms with Crippen LogP contribution < -0.4 is 5.32 Å². The summed E-state index contributed by atoms with van der Waals surface area (Å²) in [7, 11) is 1.57. The van der Waals surface area contributed by atoms with Crippen molar-refractivity contribution in [1.29, 1.82) is 0 Å². The number of rotatable bonds is 5. The number of likely N-dealkylation sites (N-methyl/N-ethyl adjacent to an activating group) is 1. The summed E-state index contributed by atoms with van der Waals surface area (Å²) in [6, 6.07) is 3.50. The highest BCUT2D eigenvalue weighted by atomic mass is 79.9. The predicted octanol–water partition coefficient (Wildman–Crippen LogP) is 1.47. The highest BCUT2D eigenvalue weighted by Crippen LogP contribution is 2.22. The SMILES string of the molecule is CN(CC(=O)NC(C)(C)CO)C(=O)c1ccc(Br)s1. The monoisotopic (exact) mass is 348 g/mol. The van der Waals surface area contributed by atoms with Crippen LogP contribution in [-0.4, -0.2) is 47.6 Å². The maximum atomic E-state index is 12.0. The molecule has 2 amide bonds. The minimum Gasteiger partial charge on any atom is -0.394 e. The molecule has 0 fully saturated rings. The Morgan fingerprint density at radius 1 is 1.47 bits per heavy atom. The fourth-order valence-electron chi connectivity index (χ4n) is 1.36. The molecule has 106 valence electrons. The summed E-state index contributed by atoms with van der Waals surface area (Å²) in [4.78, 5) is 25.7. The van der Waals surface area contributed by atoms with Crippen molar-refractivity contribution in [3.63, 3.8) is 0 Å². The summed E-state index contributed by atoms with van der Waals surface area (Å²) in [6.45, 7) is 3.22. The van der Waals surface area contributed by atoms with Crippen molar-refractivity contribution in [3.05, 3.63) is 20.8 Å². The van der Waals surface area contributed by atoms with Gasteiger partial charge in [-0.15, -0.1) is 11.3 Å². The largest absolute Gasteiger partial charge is 0.394 e. The smallest absolute Gasteiger partial charge is 0.264 e. The summed E-state index contributed by atoms with van der Waals surface area (Å²) >= 11 is 4.61. The molecule has 0 unspecified atom stereocenters. The Bertz CT molecular complexity index is 473. The zero-order chi connectivity index (χ0) is 14.6. The first-order chi connectivity index (χ1) is 8.75. The van der Waals surface area contributed by atoms with E-state index in [0.717, 1.165) is 3.79 Å². The van der Waals surface area contributed by atoms with Crippen LogP contribution in [0.1, 0.15) is 23.5 Å². The summed E-state index contributed by atoms with van der Waals surface area (Å²) in [5.41, 5.74) is -0.688. The van der Waals surface area contributed by atoms with Crippen molar-refractivity contribution in [1.82, 2.24) is 10.2 Å². The van der Waals surface area contributed by atoms with Gasteiger partial charge >= 0.3 is 0 Å². The van der Waals surface area contributed by atoms with Gasteiger partial charge in [0.1, 0.15) is 0 Å². The molecule has 0 radical (unpaired) electrons. The van der Waals surface area contributed by atoms with Gasteiger partial charge in [-0.3, -0.25) is 9.59 Å². The minimum absolute atomic E-state index is 0.0439. The zero-order valence-corrected chi connectivity index (χ0v) is 13.5. The molecule has 0 spiro atoms. The minimum atomic E-state index is -0.688. The van der Waals surface area contributed by atoms with E-state index in [1.807, 2.05) is 0 Å². The lowest BCUT2D eigenvalue weighted by Gasteiger charge is -2.25. The number of amides is 2. The molecule has 1 aromatic rings. The van der Waals surface area contributed by atoms with Crippen molar-refractivity contribution in [2.45, 2.75) is 19.4 Å². The molecule has 7 heteroatoms. The third-order valence-electron chi connectivity index (χ3n) is 2.38. The Hall–Kier alpha value is -0.920. The van der Waals surface area contributed by atoms with Crippen molar-refractivity contribution in [2.24, 2.45) is 0 Å². The first kappa shape index (κ1) is 16.1. The van der Waals surface area contributed by atoms with E-state index in [1.54, 1.807) is 33.0 Å². The second-order valence-electron chi connectivity index (χ2n) is 4.86. The second-order valence-corrected chi connectivity index (χ2v) is 7.32. The lowest BCUT2D eigenvalue weighted by Crippen LogP contribution is -2.50. The van der Waals surface area contributed by atoms with Crippen LogP contribution in [-0.2, 0) is 4.79 Å². The molecule has 1 heterocycles. The molecule has 0 saturated heterocycles. The van der Waals surface area contributed by atoms with Crippen LogP contribution in [0, 0.1) is 0 Å². The van der Waals surface area contributed by atoms with Gasteiger partial charge in [0.05, 0.1) is 27.4 Å². The number of nitrogens with zero attached hydrogens (tertiary/aromatic N) is 1. The van der Waals surface area contributed by atoms with Crippen LogP contribution >= 0.6 is 27.3 Å². The number of halogens is 1. The van der Waals surface area contributed by atoms with Crippen LogP contribution in [0.3, 0.4) is 0 Å². The number of hydrogen-bond donors (Lipinski definition) is 2. The Morgan fingerprint density at radius 3 is 2.58 bits per heavy atom. The summed E-state index contributed by atoms with van der Waals surface area (Å²) in [5, 5.41) is 11.7. The van der Waals surface area contributed by atoms with E-state index in [1.165, 1.54) is 16.2 Å². The third-order valence-corrected chi connectivity index (χ3v) is 4.00. The van der Waals surface area contributed by atoms with E-state index in [9.17, 15) is 9.59 Å². The molecule has 0 aliphatic carbocycles. The van der Waals surface area contributed by atoms with Gasteiger partial charge in [-0.2, -0.15) is 0 Å². The van der Waals surface area contributed by atoms with E-state index in [2.05, 4.69) is 21.2 Å². The lowest BCUT2D eigenvalue weighted by atomic mass is 10.1. The molecular weight excluding hydrogens is 332 g/mol. The first-order valence-electron chi connectivity index (χ1n) is 5.68. The maximum absolute atomic E-state index is 12.0. The molecule has 0 aliphatic heterocycles. The fraction of sp³-hybridized carbons (Fsp3) is 0.500. The van der Waals surface area contributed by atoms with Crippen LogP contribution in [0.25, 0.3) is 0 Å². The van der Waals surface area contributed by atoms with Crippen molar-refractivity contribution >= 4 is 39.1 Å². The predicted molar refractivity (Wildman–Crippen MR) is 78.3 cm³/mol. The molecule has 1 rings (SSSR count). The van der Waals surface area contributed by atoms with Gasteiger partial charge in [-0.25, -0.2) is 0 Å². The lowest BCUT2D eigenvalue weighted by molar-refractivity contribution is -0.123. The Kier molecular flexibility index (Phi) is 5.51. The molecule has 0 saturated carbocycles. The van der Waals surface area contributed by atoms with E-state index in [0.29, 0.717) is 4.88 Å². The van der Waals surface area contributed by atoms with E-state index in [4.69, 9.17) is 5.11 Å². The Labute approximate surface area is 124 Å². The summed E-state index contributed by atoms with van der Waals surface area (Å²) in [6.07, 6.45) is 0. The number of nitrogens with one attached hydrogen (secondary N) is 1. The molecule has 2 N–H and O–H groups in total. The van der Waals surface area contributed by atoms with Gasteiger partial charge in [0.15, 0.2) is 0 Å². The summed E-state index contributed by atoms with van der Waals surface area (Å²) in [5.74, 6) is -0.502. The van der Waals surface area contributed by atoms with Gasteiger partial charge in [-0.1, -0.05) is 0 Å². The molecule has 19 heavy (non-hydrogen) atoms. The topological polar surface area (TPSA) is 69.6 Å². The second kappa shape index (κ2) is 6.49. The van der Waals surface area contributed by atoms with E-state index in [-0.39, 0.29) is 25.0 Å². The van der Waals surface area contributed by atoms with Gasteiger partial charge in [0.25, 0.3) is 5.91 Å². The average molecular weight is 349 g/mol. The molecule has 0 aromatic carbocycles. The van der Waals surface area contributed by atoms with Gasteiger partial charge < -0.3 is 15.3 Å². The van der Waals surface area contributed by atoms with Crippen molar-refractivity contribution < 1.29 is 14.7 Å². The molecule has 0 bridgehead atoms. The van der Waals surface area contributed by atoms with Crippen molar-refractivity contribution in [3.8, 4) is 0 Å². The number of carbonyl (C=O) groups is 2. The van der Waals surface area contributed by atoms with Gasteiger partial charge in [0.2, 0.25) is 5.91 Å². The van der Waals surface area contributed by atoms with E-state index >= 15 is 0 Å². The van der Waals surface area contributed by atoms with Crippen LogP contribution in [0.2, 0.25) is 0 Å². The molecule has 1 aromatic heterocycles. The van der Waals surface area contributed by atoms with Crippen LogP contribution in [0.5, 0.6) is 0 Å². The standard InChI is InChI=1S/C12H17BrN2O3S/c1-12(2,7-16)14-10(17)6-15(3)11(18)8-4-5-9(13)19-8/h4-5,16H,6-7H2,1-3H3,(H,14,17). The Balaban J connectivity index is 2.57. The van der Waals surface area contributed by atoms with E-state index < -0.39 is 5.54 Å². The normalized spacial score (nSPS) is 11.2. The maximum Gasteiger partial charge on any atom is 0.264 e. The number of hydrogen-bond acceptors (Lipinski definition) is 4. The Morgan fingerprint density at radius 2 is 2.11 bits per heavy atom. The highest BCUT2D eigenvalue weighted by molar-refractivity contribution is 9.11. The average Bonchev–Trinajstić information content (AvgIpc) is 2.74. The highest BCUT2D eigenvalue weighted by Gasteiger charge is 2.22. The number of aliphatic hydroxyl groups excluding tert-OH is 1. The molecule has 5 nitrogen and oxygen atoms in total. The fourth-order valence-corrected chi connectivity index (χ4v) is 2.74. The number of carbonyl (C=O) groups excluding carboxylic acids is 2. The molecule has 0 atom stereocenters. The third kappa shape index (κ3) is 4.93. The van der Waals surface area contributed by atoms with Gasteiger partial charge in [0, 0.05) is 7.05 Å². The number of thiophene rings is 1. The summed E-state index contributed by atoms with van der Waals surface area (Å²) < 4.78 is 0.870. The van der Waals surface area contributed by atoms with Gasteiger partial charge in [-0.05, 0) is 41.9 Å². The van der Waals surface area contributed by atoms with Crippen LogP contribution in [0.4, 0.5) is 0 Å². The number of aliphatic hydroxyl groups is 1. The first-order valence-corrected chi connectivity index (χ1v) is 7.29. The van der Waals surface area contributed by atoms with Crippen LogP contribution in [0.15, 0.2) is 15.9 Å². The van der Waals surface area contributed by atoms with Crippen molar-refractivity contribution in [2.75, 3.05) is 20.2 Å². The molecule has 0 aliphatic rings.